The molecular weight excluding hydrogens is 428 g/mol. The second-order valence-electron chi connectivity index (χ2n) is 9.12. The van der Waals surface area contributed by atoms with Gasteiger partial charge in [-0.3, -0.25) is 9.59 Å². The Morgan fingerprint density at radius 2 is 1.76 bits per heavy atom. The molecule has 3 rings (SSSR count). The van der Waals surface area contributed by atoms with Crippen LogP contribution in [0.3, 0.4) is 0 Å². The van der Waals surface area contributed by atoms with E-state index in [1.54, 1.807) is 12.0 Å². The summed E-state index contributed by atoms with van der Waals surface area (Å²) in [4.78, 5) is 28.4. The van der Waals surface area contributed by atoms with Gasteiger partial charge in [-0.2, -0.15) is 0 Å². The topological polar surface area (TPSA) is 67.9 Å². The molecule has 0 heterocycles. The molecule has 0 saturated heterocycles. The molecule has 2 amide bonds. The van der Waals surface area contributed by atoms with Gasteiger partial charge >= 0.3 is 0 Å². The van der Waals surface area contributed by atoms with Crippen molar-refractivity contribution in [3.8, 4) is 11.5 Å². The molecule has 0 radical (unpaired) electrons. The van der Waals surface area contributed by atoms with E-state index in [9.17, 15) is 9.59 Å². The second kappa shape index (κ2) is 12.4. The maximum Gasteiger partial charge on any atom is 0.261 e. The fourth-order valence-corrected chi connectivity index (χ4v) is 4.49. The zero-order valence-corrected chi connectivity index (χ0v) is 20.9. The maximum atomic E-state index is 13.4. The predicted octanol–water partition coefficient (Wildman–Crippen LogP) is 4.95. The quantitative estimate of drug-likeness (QED) is 0.538. The second-order valence-corrected chi connectivity index (χ2v) is 9.12. The van der Waals surface area contributed by atoms with Crippen molar-refractivity contribution in [2.45, 2.75) is 77.9 Å². The number of aryl methyl sites for hydroxylation is 1. The van der Waals surface area contributed by atoms with Crippen LogP contribution in [-0.2, 0) is 16.1 Å². The van der Waals surface area contributed by atoms with Gasteiger partial charge in [0, 0.05) is 12.6 Å². The number of carbonyl (C=O) groups excluding carboxylic acids is 2. The average molecular weight is 467 g/mol. The molecule has 34 heavy (non-hydrogen) atoms. The van der Waals surface area contributed by atoms with Crippen molar-refractivity contribution in [3.05, 3.63) is 59.2 Å². The summed E-state index contributed by atoms with van der Waals surface area (Å²) >= 11 is 0. The van der Waals surface area contributed by atoms with Crippen molar-refractivity contribution in [2.24, 2.45) is 0 Å². The number of benzene rings is 2. The Balaban J connectivity index is 1.77. The van der Waals surface area contributed by atoms with Crippen LogP contribution in [0.5, 0.6) is 11.5 Å². The molecule has 1 atom stereocenters. The Bertz CT molecular complexity index is 951. The van der Waals surface area contributed by atoms with Gasteiger partial charge < -0.3 is 19.7 Å². The first-order valence-corrected chi connectivity index (χ1v) is 12.3. The Morgan fingerprint density at radius 1 is 1.06 bits per heavy atom. The first-order chi connectivity index (χ1) is 16.4. The lowest BCUT2D eigenvalue weighted by molar-refractivity contribution is -0.143. The molecule has 1 aliphatic carbocycles. The van der Waals surface area contributed by atoms with Gasteiger partial charge in [-0.1, -0.05) is 50.5 Å². The van der Waals surface area contributed by atoms with E-state index in [0.29, 0.717) is 18.7 Å². The monoisotopic (exact) mass is 466 g/mol. The minimum Gasteiger partial charge on any atom is -0.497 e. The largest absolute Gasteiger partial charge is 0.497 e. The van der Waals surface area contributed by atoms with Gasteiger partial charge in [-0.05, 0) is 68.0 Å². The van der Waals surface area contributed by atoms with E-state index in [1.807, 2.05) is 63.2 Å². The Labute approximate surface area is 203 Å². The van der Waals surface area contributed by atoms with Crippen LogP contribution >= 0.6 is 0 Å². The molecule has 1 fully saturated rings. The summed E-state index contributed by atoms with van der Waals surface area (Å²) in [6.07, 6.45) is 6.04. The minimum atomic E-state index is -0.557. The molecule has 184 valence electrons. The van der Waals surface area contributed by atoms with E-state index in [2.05, 4.69) is 5.32 Å². The molecule has 0 bridgehead atoms. The van der Waals surface area contributed by atoms with Gasteiger partial charge in [0.25, 0.3) is 5.91 Å². The normalized spacial score (nSPS) is 14.8. The highest BCUT2D eigenvalue weighted by Gasteiger charge is 2.30. The van der Waals surface area contributed by atoms with Crippen molar-refractivity contribution < 1.29 is 19.1 Å². The van der Waals surface area contributed by atoms with Crippen LogP contribution in [0, 0.1) is 13.8 Å². The van der Waals surface area contributed by atoms with Crippen molar-refractivity contribution in [1.29, 1.82) is 0 Å². The molecule has 6 nitrogen and oxygen atoms in total. The Morgan fingerprint density at radius 3 is 2.41 bits per heavy atom. The van der Waals surface area contributed by atoms with Crippen molar-refractivity contribution in [2.75, 3.05) is 13.7 Å². The highest BCUT2D eigenvalue weighted by molar-refractivity contribution is 5.88. The number of nitrogens with one attached hydrogen (secondary N) is 1. The van der Waals surface area contributed by atoms with Crippen LogP contribution in [0.1, 0.15) is 62.1 Å². The first kappa shape index (κ1) is 25.6. The highest BCUT2D eigenvalue weighted by Crippen LogP contribution is 2.22. The number of hydrogen-bond donors (Lipinski definition) is 1. The molecule has 1 N–H and O–H groups in total. The number of amides is 2. The number of nitrogens with zero attached hydrogens (tertiary/aromatic N) is 1. The van der Waals surface area contributed by atoms with E-state index in [1.165, 1.54) is 6.42 Å². The Hall–Kier alpha value is -3.02. The molecule has 0 aliphatic heterocycles. The van der Waals surface area contributed by atoms with Gasteiger partial charge in [0.2, 0.25) is 5.91 Å². The van der Waals surface area contributed by atoms with E-state index >= 15 is 0 Å². The number of rotatable bonds is 10. The minimum absolute atomic E-state index is 0.0806. The van der Waals surface area contributed by atoms with E-state index in [4.69, 9.17) is 9.47 Å². The molecule has 0 aromatic heterocycles. The molecule has 2 aromatic rings. The molecule has 1 aliphatic rings. The summed E-state index contributed by atoms with van der Waals surface area (Å²) in [6, 6.07) is 13.0. The molecule has 0 unspecified atom stereocenters. The van der Waals surface area contributed by atoms with E-state index in [-0.39, 0.29) is 24.5 Å². The van der Waals surface area contributed by atoms with Gasteiger partial charge in [-0.25, -0.2) is 0 Å². The summed E-state index contributed by atoms with van der Waals surface area (Å²) in [5.74, 6) is 1.16. The van der Waals surface area contributed by atoms with Crippen molar-refractivity contribution >= 4 is 11.8 Å². The number of ether oxygens (including phenoxy) is 2. The van der Waals surface area contributed by atoms with Gasteiger partial charge in [0.15, 0.2) is 6.61 Å². The van der Waals surface area contributed by atoms with Gasteiger partial charge in [-0.15, -0.1) is 0 Å². The first-order valence-electron chi connectivity index (χ1n) is 12.3. The summed E-state index contributed by atoms with van der Waals surface area (Å²) in [5, 5.41) is 3.21. The SMILES string of the molecule is CC[C@H](C(=O)NC1CCCCC1)N(Cc1ccc(OC)cc1)C(=O)COc1cccc(C)c1C. The molecule has 2 aromatic carbocycles. The van der Waals surface area contributed by atoms with E-state index < -0.39 is 6.04 Å². The van der Waals surface area contributed by atoms with Crippen molar-refractivity contribution in [3.63, 3.8) is 0 Å². The average Bonchev–Trinajstić information content (AvgIpc) is 2.85. The summed E-state index contributed by atoms with van der Waals surface area (Å²) in [5.41, 5.74) is 3.06. The van der Waals surface area contributed by atoms with Crippen LogP contribution in [0.25, 0.3) is 0 Å². The molecule has 6 heteroatoms. The molecular formula is C28H38N2O4. The highest BCUT2D eigenvalue weighted by atomic mass is 16.5. The number of carbonyl (C=O) groups is 2. The summed E-state index contributed by atoms with van der Waals surface area (Å²) < 4.78 is 11.2. The summed E-state index contributed by atoms with van der Waals surface area (Å²) in [7, 11) is 1.62. The fraction of sp³-hybridized carbons (Fsp3) is 0.500. The van der Waals surface area contributed by atoms with Gasteiger partial charge in [0.1, 0.15) is 17.5 Å². The predicted molar refractivity (Wildman–Crippen MR) is 134 cm³/mol. The zero-order valence-electron chi connectivity index (χ0n) is 20.9. The third-order valence-electron chi connectivity index (χ3n) is 6.76. The van der Waals surface area contributed by atoms with Crippen LogP contribution in [0.15, 0.2) is 42.5 Å². The standard InChI is InChI=1S/C28H38N2O4/c1-5-25(28(32)29-23-11-7-6-8-12-23)30(18-22-14-16-24(33-4)17-15-22)27(31)19-34-26-13-9-10-20(2)21(26)3/h9-10,13-17,23,25H,5-8,11-12,18-19H2,1-4H3,(H,29,32)/t25-/m1/s1. The van der Waals surface area contributed by atoms with Crippen LogP contribution in [0.4, 0.5) is 0 Å². The summed E-state index contributed by atoms with van der Waals surface area (Å²) in [6.45, 7) is 6.16. The number of hydrogen-bond acceptors (Lipinski definition) is 4. The lowest BCUT2D eigenvalue weighted by Crippen LogP contribution is -2.52. The smallest absolute Gasteiger partial charge is 0.261 e. The molecule has 1 saturated carbocycles. The molecule has 0 spiro atoms. The maximum absolute atomic E-state index is 13.4. The van der Waals surface area contributed by atoms with Gasteiger partial charge in [0.05, 0.1) is 7.11 Å². The van der Waals surface area contributed by atoms with Crippen molar-refractivity contribution in [1.82, 2.24) is 10.2 Å². The lowest BCUT2D eigenvalue weighted by Gasteiger charge is -2.32. The third-order valence-corrected chi connectivity index (χ3v) is 6.76. The zero-order chi connectivity index (χ0) is 24.5. The lowest BCUT2D eigenvalue weighted by atomic mass is 9.95. The number of methoxy groups -OCH3 is 1. The van der Waals surface area contributed by atoms with Crippen LogP contribution in [-0.4, -0.2) is 42.5 Å². The fourth-order valence-electron chi connectivity index (χ4n) is 4.49. The Kier molecular flexibility index (Phi) is 9.37. The van der Waals surface area contributed by atoms with Crippen LogP contribution < -0.4 is 14.8 Å². The third kappa shape index (κ3) is 6.75. The van der Waals surface area contributed by atoms with E-state index in [0.717, 1.165) is 48.1 Å². The van der Waals surface area contributed by atoms with Crippen LogP contribution in [0.2, 0.25) is 0 Å².